The molecule has 0 atom stereocenters. The van der Waals surface area contributed by atoms with Gasteiger partial charge in [0.25, 0.3) is 0 Å². The lowest BCUT2D eigenvalue weighted by molar-refractivity contribution is 0.388. The molecule has 0 radical (unpaired) electrons. The summed E-state index contributed by atoms with van der Waals surface area (Å²) in [6.45, 7) is 8.96. The first-order chi connectivity index (χ1) is 11.9. The highest BCUT2D eigenvalue weighted by molar-refractivity contribution is 6.70. The number of hydrogen-bond acceptors (Lipinski definition) is 2. The van der Waals surface area contributed by atoms with Gasteiger partial charge in [-0.05, 0) is 74.7 Å². The molecule has 1 aliphatic rings. The smallest absolute Gasteiger partial charge is 0.241 e. The fraction of sp³-hybridized carbons (Fsp3) is 0.500. The summed E-state index contributed by atoms with van der Waals surface area (Å²) in [6.07, 6.45) is 8.97. The minimum absolute atomic E-state index is 0.898. The van der Waals surface area contributed by atoms with E-state index in [1.54, 1.807) is 7.11 Å². The lowest BCUT2D eigenvalue weighted by Crippen LogP contribution is -2.25. The second kappa shape index (κ2) is 9.12. The number of unbranched alkanes of at least 4 members (excludes halogenated alkanes) is 1. The van der Waals surface area contributed by atoms with Gasteiger partial charge in [0.05, 0.1) is 12.9 Å². The minimum Gasteiger partial charge on any atom is -0.547 e. The topological polar surface area (TPSA) is 18.5 Å². The van der Waals surface area contributed by atoms with Crippen molar-refractivity contribution in [3.8, 4) is 5.75 Å². The van der Waals surface area contributed by atoms with Gasteiger partial charge in [-0.2, -0.15) is 0 Å². The Bertz CT molecular complexity index is 656. The average Bonchev–Trinajstić information content (AvgIpc) is 2.57. The summed E-state index contributed by atoms with van der Waals surface area (Å²) in [5.41, 5.74) is 7.53. The zero-order chi connectivity index (χ0) is 18.3. The molecule has 0 bridgehead atoms. The lowest BCUT2D eigenvalue weighted by Gasteiger charge is -2.24. The fourth-order valence-corrected chi connectivity index (χ4v) is 3.93. The Hall–Kier alpha value is -1.70. The maximum atomic E-state index is 6.22. The molecule has 0 amide bonds. The number of methoxy groups -OCH3 is 1. The Labute approximate surface area is 154 Å². The van der Waals surface area contributed by atoms with Gasteiger partial charge >= 0.3 is 0 Å². The molecule has 136 valence electrons. The van der Waals surface area contributed by atoms with Crippen LogP contribution >= 0.6 is 0 Å². The summed E-state index contributed by atoms with van der Waals surface area (Å²) in [4.78, 5) is 0. The summed E-state index contributed by atoms with van der Waals surface area (Å²) < 4.78 is 11.5. The Kier molecular flexibility index (Phi) is 7.16. The molecule has 0 saturated carbocycles. The van der Waals surface area contributed by atoms with E-state index >= 15 is 0 Å². The predicted molar refractivity (Wildman–Crippen MR) is 109 cm³/mol. The van der Waals surface area contributed by atoms with Crippen LogP contribution in [0, 0.1) is 0 Å². The van der Waals surface area contributed by atoms with E-state index in [2.05, 4.69) is 50.5 Å². The Balaban J connectivity index is 2.36. The summed E-state index contributed by atoms with van der Waals surface area (Å²) in [7, 11) is 0.166. The third-order valence-corrected chi connectivity index (χ3v) is 5.05. The molecule has 0 aromatic heterocycles. The van der Waals surface area contributed by atoms with E-state index in [-0.39, 0.29) is 0 Å². The first-order valence-electron chi connectivity index (χ1n) is 9.44. The minimum atomic E-state index is -1.54. The summed E-state index contributed by atoms with van der Waals surface area (Å²) in [6, 6.07) is 8.35. The first-order valence-corrected chi connectivity index (χ1v) is 12.8. The van der Waals surface area contributed by atoms with Crippen molar-refractivity contribution in [1.82, 2.24) is 0 Å². The van der Waals surface area contributed by atoms with Gasteiger partial charge < -0.3 is 9.16 Å². The number of hydrogen-bond donors (Lipinski definition) is 0. The zero-order valence-electron chi connectivity index (χ0n) is 16.4. The number of benzene rings is 1. The highest BCUT2D eigenvalue weighted by Gasteiger charge is 2.19. The maximum absolute atomic E-state index is 6.22. The number of rotatable bonds is 7. The second-order valence-corrected chi connectivity index (χ2v) is 12.1. The molecular weight excluding hydrogens is 324 g/mol. The van der Waals surface area contributed by atoms with E-state index in [4.69, 9.17) is 9.16 Å². The van der Waals surface area contributed by atoms with Crippen LogP contribution in [0.5, 0.6) is 5.75 Å². The van der Waals surface area contributed by atoms with Gasteiger partial charge in [0, 0.05) is 12.0 Å². The SMILES string of the molecule is CCCCC(=C=C1C=C(O[Si](C)(C)C)CCC1)c1ccc(OC)cc1. The molecule has 2 rings (SSSR count). The van der Waals surface area contributed by atoms with Crippen LogP contribution in [0.2, 0.25) is 19.6 Å². The van der Waals surface area contributed by atoms with Gasteiger partial charge in [-0.25, -0.2) is 0 Å². The molecule has 1 aliphatic carbocycles. The van der Waals surface area contributed by atoms with Crippen molar-refractivity contribution in [1.29, 1.82) is 0 Å². The first kappa shape index (κ1) is 19.6. The quantitative estimate of drug-likeness (QED) is 0.399. The maximum Gasteiger partial charge on any atom is 0.241 e. The fourth-order valence-electron chi connectivity index (χ4n) is 2.98. The normalized spacial score (nSPS) is 14.6. The molecule has 0 aliphatic heterocycles. The Morgan fingerprint density at radius 2 is 1.84 bits per heavy atom. The van der Waals surface area contributed by atoms with Crippen LogP contribution in [-0.2, 0) is 4.43 Å². The molecule has 25 heavy (non-hydrogen) atoms. The molecule has 0 fully saturated rings. The van der Waals surface area contributed by atoms with Crippen LogP contribution in [0.4, 0.5) is 0 Å². The largest absolute Gasteiger partial charge is 0.547 e. The summed E-state index contributed by atoms with van der Waals surface area (Å²) >= 11 is 0. The van der Waals surface area contributed by atoms with E-state index < -0.39 is 8.32 Å². The van der Waals surface area contributed by atoms with Gasteiger partial charge in [0.15, 0.2) is 0 Å². The van der Waals surface area contributed by atoms with Crippen molar-refractivity contribution >= 4 is 13.9 Å². The molecular formula is C22H32O2Si. The van der Waals surface area contributed by atoms with Gasteiger partial charge in [-0.15, -0.1) is 5.73 Å². The predicted octanol–water partition coefficient (Wildman–Crippen LogP) is 6.71. The van der Waals surface area contributed by atoms with E-state index in [9.17, 15) is 0 Å². The summed E-state index contributed by atoms with van der Waals surface area (Å²) in [5, 5.41) is 0. The van der Waals surface area contributed by atoms with Gasteiger partial charge in [-0.3, -0.25) is 0 Å². The van der Waals surface area contributed by atoms with Crippen molar-refractivity contribution in [2.45, 2.75) is 65.1 Å². The van der Waals surface area contributed by atoms with Crippen LogP contribution in [0.15, 0.2) is 47.4 Å². The highest BCUT2D eigenvalue weighted by Crippen LogP contribution is 2.28. The molecule has 3 heteroatoms. The van der Waals surface area contributed by atoms with Gasteiger partial charge in [0.2, 0.25) is 8.32 Å². The summed E-state index contributed by atoms with van der Waals surface area (Å²) in [5.74, 6) is 2.05. The molecule has 1 aromatic carbocycles. The van der Waals surface area contributed by atoms with Gasteiger partial charge in [-0.1, -0.05) is 25.5 Å². The third kappa shape index (κ3) is 6.60. The molecule has 2 nitrogen and oxygen atoms in total. The van der Waals surface area contributed by atoms with Crippen LogP contribution in [0.3, 0.4) is 0 Å². The van der Waals surface area contributed by atoms with Crippen molar-refractivity contribution < 1.29 is 9.16 Å². The van der Waals surface area contributed by atoms with E-state index in [0.717, 1.165) is 37.2 Å². The lowest BCUT2D eigenvalue weighted by atomic mass is 9.96. The molecule has 0 saturated heterocycles. The molecule has 0 unspecified atom stereocenters. The Morgan fingerprint density at radius 1 is 1.12 bits per heavy atom. The van der Waals surface area contributed by atoms with Crippen LogP contribution in [-0.4, -0.2) is 15.4 Å². The van der Waals surface area contributed by atoms with E-state index in [0.29, 0.717) is 0 Å². The van der Waals surface area contributed by atoms with Crippen molar-refractivity contribution in [2.75, 3.05) is 7.11 Å². The molecule has 0 heterocycles. The van der Waals surface area contributed by atoms with Crippen LogP contribution in [0.1, 0.15) is 51.0 Å². The van der Waals surface area contributed by atoms with E-state index in [1.165, 1.54) is 29.6 Å². The molecule has 1 aromatic rings. The van der Waals surface area contributed by atoms with Crippen molar-refractivity contribution in [3.63, 3.8) is 0 Å². The van der Waals surface area contributed by atoms with Crippen molar-refractivity contribution in [2.24, 2.45) is 0 Å². The van der Waals surface area contributed by atoms with Crippen LogP contribution in [0.25, 0.3) is 5.57 Å². The average molecular weight is 357 g/mol. The standard InChI is InChI=1S/C22H32O2Si/c1-6-7-10-20(19-12-14-21(23-2)15-13-19)16-18-9-8-11-22(17-18)24-25(3,4)5/h12-15,17H,6-11H2,1-5H3. The number of ether oxygens (including phenoxy) is 1. The second-order valence-electron chi connectivity index (χ2n) is 7.64. The zero-order valence-corrected chi connectivity index (χ0v) is 17.4. The van der Waals surface area contributed by atoms with E-state index in [1.807, 2.05) is 12.1 Å². The Morgan fingerprint density at radius 3 is 2.44 bits per heavy atom. The number of allylic oxidation sites excluding steroid dienone is 3. The highest BCUT2D eigenvalue weighted by atomic mass is 28.4. The van der Waals surface area contributed by atoms with Gasteiger partial charge in [0.1, 0.15) is 5.75 Å². The molecule has 0 N–H and O–H groups in total. The van der Waals surface area contributed by atoms with Crippen LogP contribution < -0.4 is 4.74 Å². The third-order valence-electron chi connectivity index (χ3n) is 4.17. The molecule has 0 spiro atoms. The monoisotopic (exact) mass is 356 g/mol. The van der Waals surface area contributed by atoms with Crippen molar-refractivity contribution in [3.05, 3.63) is 53.0 Å².